The van der Waals surface area contributed by atoms with Crippen LogP contribution < -0.4 is 0 Å². The highest BCUT2D eigenvalue weighted by Crippen LogP contribution is 2.36. The van der Waals surface area contributed by atoms with E-state index < -0.39 is 0 Å². The Balaban J connectivity index is 1.36. The third kappa shape index (κ3) is 8.37. The molecule has 4 heteroatoms. The number of hydrogen-bond acceptors (Lipinski definition) is 4. The Hall–Kier alpha value is -1.07. The molecule has 1 aromatic rings. The third-order valence-corrected chi connectivity index (χ3v) is 8.06. The largest absolute Gasteiger partial charge is 0.389 e. The van der Waals surface area contributed by atoms with Gasteiger partial charge in [-0.15, -0.1) is 11.8 Å². The Morgan fingerprint density at radius 3 is 2.38 bits per heavy atom. The van der Waals surface area contributed by atoms with Gasteiger partial charge < -0.3 is 14.6 Å². The van der Waals surface area contributed by atoms with Crippen LogP contribution in [0, 0.1) is 23.7 Å². The summed E-state index contributed by atoms with van der Waals surface area (Å²) in [6, 6.07) is 10.4. The van der Waals surface area contributed by atoms with Crippen molar-refractivity contribution >= 4 is 11.8 Å². The molecule has 0 fully saturated rings. The Kier molecular flexibility index (Phi) is 10.9. The lowest BCUT2D eigenvalue weighted by molar-refractivity contribution is -0.148. The van der Waals surface area contributed by atoms with E-state index >= 15 is 0 Å². The predicted molar refractivity (Wildman–Crippen MR) is 135 cm³/mol. The van der Waals surface area contributed by atoms with Crippen molar-refractivity contribution in [3.63, 3.8) is 0 Å². The van der Waals surface area contributed by atoms with Crippen LogP contribution in [0.3, 0.4) is 0 Å². The first-order chi connectivity index (χ1) is 15.5. The lowest BCUT2D eigenvalue weighted by Gasteiger charge is -2.34. The fraction of sp³-hybridized carbons (Fsp3) is 0.643. The van der Waals surface area contributed by atoms with E-state index in [4.69, 9.17) is 9.47 Å². The first-order valence-corrected chi connectivity index (χ1v) is 13.5. The summed E-state index contributed by atoms with van der Waals surface area (Å²) in [4.78, 5) is 1.28. The van der Waals surface area contributed by atoms with Gasteiger partial charge in [0, 0.05) is 10.6 Å². The standard InChI is InChI=1S/C28H42O3S/c1-4-23(20-21(2)24-10-14-26(29)15-11-24)25-12-16-27(17-13-25)31-22(3)30-18-19-32-28-8-6-5-7-9-28/h5-10,12,14,16,21-27,29H,4,11,13,15,17-20H2,1-3H3. The van der Waals surface area contributed by atoms with Crippen LogP contribution in [0.25, 0.3) is 0 Å². The van der Waals surface area contributed by atoms with Gasteiger partial charge in [0.2, 0.25) is 0 Å². The van der Waals surface area contributed by atoms with Crippen LogP contribution >= 0.6 is 11.8 Å². The summed E-state index contributed by atoms with van der Waals surface area (Å²) in [6.07, 6.45) is 15.5. The van der Waals surface area contributed by atoms with Crippen molar-refractivity contribution in [2.24, 2.45) is 23.7 Å². The average Bonchev–Trinajstić information content (AvgIpc) is 2.82. The maximum atomic E-state index is 9.72. The molecule has 1 aromatic carbocycles. The van der Waals surface area contributed by atoms with E-state index in [2.05, 4.69) is 56.3 Å². The van der Waals surface area contributed by atoms with E-state index in [0.717, 1.165) is 30.9 Å². The summed E-state index contributed by atoms with van der Waals surface area (Å²) in [5.74, 6) is 3.61. The molecule has 1 N–H and O–H groups in total. The van der Waals surface area contributed by atoms with Crippen LogP contribution in [-0.2, 0) is 9.47 Å². The molecule has 7 atom stereocenters. The van der Waals surface area contributed by atoms with Gasteiger partial charge >= 0.3 is 0 Å². The molecule has 0 saturated heterocycles. The summed E-state index contributed by atoms with van der Waals surface area (Å²) >= 11 is 1.82. The highest BCUT2D eigenvalue weighted by Gasteiger charge is 2.28. The molecule has 0 spiro atoms. The maximum Gasteiger partial charge on any atom is 0.155 e. The van der Waals surface area contributed by atoms with Gasteiger partial charge in [-0.3, -0.25) is 0 Å². The molecule has 7 unspecified atom stereocenters. The molecule has 0 amide bonds. The van der Waals surface area contributed by atoms with Gasteiger partial charge in [-0.2, -0.15) is 0 Å². The average molecular weight is 459 g/mol. The summed E-state index contributed by atoms with van der Waals surface area (Å²) < 4.78 is 12.0. The van der Waals surface area contributed by atoms with Crippen molar-refractivity contribution < 1.29 is 14.6 Å². The number of aliphatic hydroxyl groups excluding tert-OH is 1. The van der Waals surface area contributed by atoms with E-state index in [1.165, 1.54) is 24.2 Å². The van der Waals surface area contributed by atoms with Crippen molar-refractivity contribution in [3.8, 4) is 0 Å². The molecule has 0 aliphatic heterocycles. The molecule has 0 saturated carbocycles. The van der Waals surface area contributed by atoms with E-state index in [1.807, 2.05) is 30.8 Å². The Bertz CT molecular complexity index is 704. The molecule has 3 rings (SSSR count). The van der Waals surface area contributed by atoms with Gasteiger partial charge in [0.25, 0.3) is 0 Å². The van der Waals surface area contributed by atoms with Crippen molar-refractivity contribution in [2.45, 2.75) is 82.7 Å². The number of benzene rings is 1. The summed E-state index contributed by atoms with van der Waals surface area (Å²) in [6.45, 7) is 7.43. The normalized spacial score (nSPS) is 28.4. The minimum atomic E-state index is -0.229. The zero-order valence-corrected chi connectivity index (χ0v) is 20.9. The van der Waals surface area contributed by atoms with Crippen molar-refractivity contribution in [3.05, 3.63) is 54.6 Å². The number of allylic oxidation sites excluding steroid dienone is 2. The van der Waals surface area contributed by atoms with Gasteiger partial charge in [0.15, 0.2) is 6.29 Å². The smallest absolute Gasteiger partial charge is 0.155 e. The third-order valence-electron chi connectivity index (χ3n) is 7.08. The van der Waals surface area contributed by atoms with Gasteiger partial charge in [-0.05, 0) is 74.8 Å². The molecule has 0 bridgehead atoms. The van der Waals surface area contributed by atoms with Gasteiger partial charge in [-0.25, -0.2) is 0 Å². The lowest BCUT2D eigenvalue weighted by atomic mass is 9.74. The molecule has 0 aromatic heterocycles. The van der Waals surface area contributed by atoms with E-state index in [0.29, 0.717) is 24.4 Å². The Labute approximate surface area is 199 Å². The van der Waals surface area contributed by atoms with E-state index in [-0.39, 0.29) is 18.5 Å². The molecule has 178 valence electrons. The quantitative estimate of drug-likeness (QED) is 0.160. The van der Waals surface area contributed by atoms with Gasteiger partial charge in [-0.1, -0.05) is 62.8 Å². The first-order valence-electron chi connectivity index (χ1n) is 12.5. The van der Waals surface area contributed by atoms with E-state index in [9.17, 15) is 5.11 Å². The molecular weight excluding hydrogens is 416 g/mol. The second kappa shape index (κ2) is 13.6. The molecule has 2 aliphatic carbocycles. The van der Waals surface area contributed by atoms with E-state index in [1.54, 1.807) is 0 Å². The molecule has 0 heterocycles. The maximum absolute atomic E-state index is 9.72. The van der Waals surface area contributed by atoms with Crippen LogP contribution in [-0.4, -0.2) is 36.0 Å². The fourth-order valence-electron chi connectivity index (χ4n) is 5.10. The zero-order valence-electron chi connectivity index (χ0n) is 20.1. The van der Waals surface area contributed by atoms with Crippen LogP contribution in [0.4, 0.5) is 0 Å². The summed E-state index contributed by atoms with van der Waals surface area (Å²) in [5, 5.41) is 9.72. The predicted octanol–water partition coefficient (Wildman–Crippen LogP) is 6.87. The number of ether oxygens (including phenoxy) is 2. The molecule has 32 heavy (non-hydrogen) atoms. The second-order valence-electron chi connectivity index (χ2n) is 9.48. The van der Waals surface area contributed by atoms with Crippen molar-refractivity contribution in [1.29, 1.82) is 0 Å². The van der Waals surface area contributed by atoms with Crippen LogP contribution in [0.1, 0.15) is 59.3 Å². The fourth-order valence-corrected chi connectivity index (χ4v) is 5.86. The number of thioether (sulfide) groups is 1. The second-order valence-corrected chi connectivity index (χ2v) is 10.6. The Morgan fingerprint density at radius 2 is 1.72 bits per heavy atom. The van der Waals surface area contributed by atoms with Crippen LogP contribution in [0.5, 0.6) is 0 Å². The molecule has 2 aliphatic rings. The Morgan fingerprint density at radius 1 is 0.969 bits per heavy atom. The molecular formula is C28H42O3S. The first kappa shape index (κ1) is 25.6. The molecule has 3 nitrogen and oxygen atoms in total. The topological polar surface area (TPSA) is 38.7 Å². The summed E-state index contributed by atoms with van der Waals surface area (Å²) in [7, 11) is 0. The van der Waals surface area contributed by atoms with Crippen LogP contribution in [0.2, 0.25) is 0 Å². The van der Waals surface area contributed by atoms with Crippen molar-refractivity contribution in [2.75, 3.05) is 12.4 Å². The molecule has 0 radical (unpaired) electrons. The van der Waals surface area contributed by atoms with Gasteiger partial charge in [0.05, 0.1) is 18.8 Å². The zero-order chi connectivity index (χ0) is 22.8. The minimum Gasteiger partial charge on any atom is -0.389 e. The van der Waals surface area contributed by atoms with Gasteiger partial charge in [0.1, 0.15) is 0 Å². The lowest BCUT2D eigenvalue weighted by Crippen LogP contribution is -2.27. The highest BCUT2D eigenvalue weighted by atomic mass is 32.2. The van der Waals surface area contributed by atoms with Crippen LogP contribution in [0.15, 0.2) is 59.5 Å². The number of aliphatic hydroxyl groups is 1. The van der Waals surface area contributed by atoms with Crippen molar-refractivity contribution in [1.82, 2.24) is 0 Å². The SMILES string of the molecule is CCC(CC(C)C1C=CC(O)CC1)C1C=CC(OC(C)OCCSc2ccccc2)CC1. The summed E-state index contributed by atoms with van der Waals surface area (Å²) in [5.41, 5.74) is 0. The highest BCUT2D eigenvalue weighted by molar-refractivity contribution is 7.99. The number of hydrogen-bond donors (Lipinski definition) is 1. The monoisotopic (exact) mass is 458 g/mol. The number of rotatable bonds is 12. The minimum absolute atomic E-state index is 0.167.